The fourth-order valence-corrected chi connectivity index (χ4v) is 3.56. The Morgan fingerprint density at radius 1 is 0.944 bits per heavy atom. The second-order valence-electron chi connectivity index (χ2n) is 7.65. The maximum Gasteiger partial charge on any atom is 0.00967 e. The number of hydrogen-bond donors (Lipinski definition) is 1. The quantitative estimate of drug-likeness (QED) is 0.825. The summed E-state index contributed by atoms with van der Waals surface area (Å²) in [6, 6.07) is 0. The first-order valence-electron chi connectivity index (χ1n) is 7.97. The molecule has 1 N–H and O–H groups in total. The van der Waals surface area contributed by atoms with Gasteiger partial charge in [0.25, 0.3) is 0 Å². The summed E-state index contributed by atoms with van der Waals surface area (Å²) in [5.74, 6) is 0. The average Bonchev–Trinajstić information content (AvgIpc) is 2.76. The maximum absolute atomic E-state index is 3.77. The molecule has 2 rings (SSSR count). The van der Waals surface area contributed by atoms with Crippen molar-refractivity contribution in [2.75, 3.05) is 26.2 Å². The van der Waals surface area contributed by atoms with Crippen LogP contribution in [0.25, 0.3) is 0 Å². The normalized spacial score (nSPS) is 25.5. The molecule has 1 aliphatic heterocycles. The lowest BCUT2D eigenvalue weighted by atomic mass is 9.84. The molecule has 0 aromatic heterocycles. The molecule has 0 bridgehead atoms. The number of nitrogens with one attached hydrogen (secondary N) is 1. The minimum absolute atomic E-state index is 0.261. The molecule has 2 fully saturated rings. The minimum atomic E-state index is 0.261. The lowest BCUT2D eigenvalue weighted by Crippen LogP contribution is -2.48. The molecule has 0 radical (unpaired) electrons. The van der Waals surface area contributed by atoms with E-state index in [1.54, 1.807) is 0 Å². The molecule has 0 unspecified atom stereocenters. The highest BCUT2D eigenvalue weighted by Crippen LogP contribution is 2.39. The van der Waals surface area contributed by atoms with Crippen LogP contribution in [0, 0.1) is 5.41 Å². The molecule has 1 saturated carbocycles. The fourth-order valence-electron chi connectivity index (χ4n) is 3.56. The molecule has 2 heteroatoms. The van der Waals surface area contributed by atoms with E-state index in [0.29, 0.717) is 5.41 Å². The van der Waals surface area contributed by atoms with Crippen LogP contribution in [0.2, 0.25) is 0 Å². The lowest BCUT2D eigenvalue weighted by molar-refractivity contribution is 0.122. The molecule has 0 amide bonds. The van der Waals surface area contributed by atoms with E-state index < -0.39 is 0 Å². The Bertz CT molecular complexity index is 242. The van der Waals surface area contributed by atoms with Gasteiger partial charge in [0.05, 0.1) is 0 Å². The van der Waals surface area contributed by atoms with Crippen molar-refractivity contribution >= 4 is 0 Å². The van der Waals surface area contributed by atoms with Crippen LogP contribution in [0.15, 0.2) is 0 Å². The van der Waals surface area contributed by atoms with Gasteiger partial charge in [0.15, 0.2) is 0 Å². The molecule has 2 aliphatic rings. The average molecular weight is 252 g/mol. The van der Waals surface area contributed by atoms with Crippen molar-refractivity contribution < 1.29 is 0 Å². The summed E-state index contributed by atoms with van der Waals surface area (Å²) in [5, 5.41) is 3.77. The van der Waals surface area contributed by atoms with Gasteiger partial charge < -0.3 is 10.2 Å². The summed E-state index contributed by atoms with van der Waals surface area (Å²) in [5.41, 5.74) is 0.835. The van der Waals surface area contributed by atoms with E-state index in [2.05, 4.69) is 31.0 Å². The summed E-state index contributed by atoms with van der Waals surface area (Å²) in [6.07, 6.45) is 10.0. The Balaban J connectivity index is 1.89. The van der Waals surface area contributed by atoms with Crippen molar-refractivity contribution in [3.8, 4) is 0 Å². The van der Waals surface area contributed by atoms with Gasteiger partial charge in [-0.15, -0.1) is 0 Å². The van der Waals surface area contributed by atoms with E-state index in [9.17, 15) is 0 Å². The van der Waals surface area contributed by atoms with Crippen molar-refractivity contribution in [2.24, 2.45) is 5.41 Å². The first kappa shape index (κ1) is 14.3. The predicted molar refractivity (Wildman–Crippen MR) is 78.9 cm³/mol. The molecule has 0 spiro atoms. The SMILES string of the molecule is CC(C)(C)NCC1(CN2CCCCC2)CCCC1. The van der Waals surface area contributed by atoms with Crippen molar-refractivity contribution in [2.45, 2.75) is 71.3 Å². The summed E-state index contributed by atoms with van der Waals surface area (Å²) in [7, 11) is 0. The van der Waals surface area contributed by atoms with Gasteiger partial charge in [-0.05, 0) is 65.0 Å². The third-order valence-corrected chi connectivity index (χ3v) is 4.67. The summed E-state index contributed by atoms with van der Waals surface area (Å²) >= 11 is 0. The molecule has 1 heterocycles. The highest BCUT2D eigenvalue weighted by atomic mass is 15.1. The molecule has 2 nitrogen and oxygen atoms in total. The number of piperidine rings is 1. The van der Waals surface area contributed by atoms with Crippen molar-refractivity contribution in [3.63, 3.8) is 0 Å². The van der Waals surface area contributed by atoms with Gasteiger partial charge >= 0.3 is 0 Å². The monoisotopic (exact) mass is 252 g/mol. The first-order chi connectivity index (χ1) is 8.49. The van der Waals surface area contributed by atoms with Crippen LogP contribution < -0.4 is 5.32 Å². The van der Waals surface area contributed by atoms with Crippen LogP contribution in [0.3, 0.4) is 0 Å². The summed E-state index contributed by atoms with van der Waals surface area (Å²) in [4.78, 5) is 2.74. The van der Waals surface area contributed by atoms with Crippen molar-refractivity contribution in [1.29, 1.82) is 0 Å². The Kier molecular flexibility index (Phi) is 4.71. The van der Waals surface area contributed by atoms with Crippen LogP contribution in [-0.2, 0) is 0 Å². The van der Waals surface area contributed by atoms with Gasteiger partial charge in [-0.2, -0.15) is 0 Å². The topological polar surface area (TPSA) is 15.3 Å². The van der Waals surface area contributed by atoms with Crippen LogP contribution in [0.4, 0.5) is 0 Å². The van der Waals surface area contributed by atoms with Crippen LogP contribution >= 0.6 is 0 Å². The molecule has 18 heavy (non-hydrogen) atoms. The zero-order chi connectivity index (χ0) is 13.1. The van der Waals surface area contributed by atoms with Gasteiger partial charge in [0, 0.05) is 18.6 Å². The number of hydrogen-bond acceptors (Lipinski definition) is 2. The zero-order valence-electron chi connectivity index (χ0n) is 12.7. The second kappa shape index (κ2) is 5.92. The fraction of sp³-hybridized carbons (Fsp3) is 1.00. The van der Waals surface area contributed by atoms with E-state index in [0.717, 1.165) is 0 Å². The zero-order valence-corrected chi connectivity index (χ0v) is 12.7. The largest absolute Gasteiger partial charge is 0.311 e. The lowest BCUT2D eigenvalue weighted by Gasteiger charge is -2.39. The van der Waals surface area contributed by atoms with Gasteiger partial charge in [0.2, 0.25) is 0 Å². The Labute approximate surface area is 114 Å². The van der Waals surface area contributed by atoms with E-state index in [4.69, 9.17) is 0 Å². The second-order valence-corrected chi connectivity index (χ2v) is 7.65. The van der Waals surface area contributed by atoms with Gasteiger partial charge in [-0.1, -0.05) is 19.3 Å². The highest BCUT2D eigenvalue weighted by Gasteiger charge is 2.36. The van der Waals surface area contributed by atoms with E-state index >= 15 is 0 Å². The Morgan fingerprint density at radius 3 is 2.11 bits per heavy atom. The minimum Gasteiger partial charge on any atom is -0.311 e. The third kappa shape index (κ3) is 4.24. The van der Waals surface area contributed by atoms with Gasteiger partial charge in [-0.25, -0.2) is 0 Å². The standard InChI is InChI=1S/C16H32N2/c1-15(2,3)17-13-16(9-5-6-10-16)14-18-11-7-4-8-12-18/h17H,4-14H2,1-3H3. The molecule has 0 aromatic carbocycles. The first-order valence-corrected chi connectivity index (χ1v) is 7.97. The molecule has 106 valence electrons. The molecular weight excluding hydrogens is 220 g/mol. The maximum atomic E-state index is 3.77. The predicted octanol–water partition coefficient (Wildman–Crippen LogP) is 3.42. The Hall–Kier alpha value is -0.0800. The molecule has 1 saturated heterocycles. The number of likely N-dealkylation sites (tertiary alicyclic amines) is 1. The van der Waals surface area contributed by atoms with Crippen LogP contribution in [-0.4, -0.2) is 36.6 Å². The van der Waals surface area contributed by atoms with Crippen LogP contribution in [0.5, 0.6) is 0 Å². The highest BCUT2D eigenvalue weighted by molar-refractivity contribution is 4.91. The molecule has 0 aromatic rings. The number of rotatable bonds is 4. The Morgan fingerprint density at radius 2 is 1.56 bits per heavy atom. The van der Waals surface area contributed by atoms with Gasteiger partial charge in [-0.3, -0.25) is 0 Å². The van der Waals surface area contributed by atoms with Crippen molar-refractivity contribution in [1.82, 2.24) is 10.2 Å². The molecule has 1 aliphatic carbocycles. The van der Waals surface area contributed by atoms with Crippen LogP contribution in [0.1, 0.15) is 65.7 Å². The van der Waals surface area contributed by atoms with E-state index in [1.165, 1.54) is 71.1 Å². The summed E-state index contributed by atoms with van der Waals surface area (Å²) in [6.45, 7) is 12.1. The molecular formula is C16H32N2. The van der Waals surface area contributed by atoms with E-state index in [-0.39, 0.29) is 5.54 Å². The van der Waals surface area contributed by atoms with E-state index in [1.807, 2.05) is 0 Å². The number of nitrogens with zero attached hydrogens (tertiary/aromatic N) is 1. The van der Waals surface area contributed by atoms with Crippen molar-refractivity contribution in [3.05, 3.63) is 0 Å². The third-order valence-electron chi connectivity index (χ3n) is 4.67. The summed E-state index contributed by atoms with van der Waals surface area (Å²) < 4.78 is 0. The smallest absolute Gasteiger partial charge is 0.00967 e. The van der Waals surface area contributed by atoms with Gasteiger partial charge in [0.1, 0.15) is 0 Å². The molecule has 0 atom stereocenters.